The first-order valence-electron chi connectivity index (χ1n) is 14.7. The van der Waals surface area contributed by atoms with Crippen molar-refractivity contribution < 1.29 is 29.8 Å². The van der Waals surface area contributed by atoms with Crippen molar-refractivity contribution >= 4 is 56.3 Å². The Kier molecular flexibility index (Phi) is 7.91. The summed E-state index contributed by atoms with van der Waals surface area (Å²) in [4.78, 5) is 37.6. The van der Waals surface area contributed by atoms with E-state index in [1.54, 1.807) is 0 Å². The molecule has 0 saturated heterocycles. The van der Waals surface area contributed by atoms with Crippen LogP contribution >= 0.6 is 0 Å². The highest BCUT2D eigenvalue weighted by Crippen LogP contribution is 2.35. The van der Waals surface area contributed by atoms with Crippen LogP contribution in [0.4, 0.5) is 0 Å². The van der Waals surface area contributed by atoms with E-state index >= 15 is 0 Å². The number of aromatic nitrogens is 4. The van der Waals surface area contributed by atoms with Crippen LogP contribution in [0.5, 0.6) is 0 Å². The van der Waals surface area contributed by atoms with Gasteiger partial charge in [-0.3, -0.25) is 9.59 Å². The predicted octanol–water partition coefficient (Wildman–Crippen LogP) is 6.49. The lowest BCUT2D eigenvalue weighted by molar-refractivity contribution is -0.388. The molecule has 2 aliphatic heterocycles. The number of H-pyrrole nitrogens is 4. The van der Waals surface area contributed by atoms with Gasteiger partial charge in [0, 0.05) is 69.3 Å². The van der Waals surface area contributed by atoms with Gasteiger partial charge in [0.05, 0.1) is 6.07 Å². The number of hydrogen-bond donors (Lipinski definition) is 4. The molecule has 0 radical (unpaired) electrons. The lowest BCUT2D eigenvalue weighted by Crippen LogP contribution is -2.11. The molecule has 5 rings (SSSR count). The summed E-state index contributed by atoms with van der Waals surface area (Å²) in [7, 11) is 0. The van der Waals surface area contributed by atoms with Crippen LogP contribution in [0.3, 0.4) is 0 Å². The number of aromatic amines is 4. The van der Waals surface area contributed by atoms with Gasteiger partial charge in [-0.25, -0.2) is 9.97 Å². The Hall–Kier alpha value is -4.46. The second-order valence-electron chi connectivity index (χ2n) is 11.3. The average molecular weight is 569 g/mol. The summed E-state index contributed by atoms with van der Waals surface area (Å²) in [5.41, 5.74) is 16.5. The Labute approximate surface area is 245 Å². The van der Waals surface area contributed by atoms with Crippen LogP contribution in [0, 0.1) is 13.8 Å². The molecular weight excluding hydrogens is 528 g/mol. The highest BCUT2D eigenvalue weighted by molar-refractivity contribution is 5.93. The molecule has 0 aromatic carbocycles. The SMILES string of the molecule is CCc1c(C)c2cc3[nH]c(cc4[nH+]c(cc5[nH+]c(cc1[nH]2)C(C)=C5CCC(=O)O)C(CCC(=O)O)=C4C)c(C)c3CC. The molecule has 2 aliphatic rings. The molecule has 0 spiro atoms. The number of allylic oxidation sites excluding steroid dienone is 4. The Morgan fingerprint density at radius 1 is 0.619 bits per heavy atom. The van der Waals surface area contributed by atoms with E-state index in [9.17, 15) is 19.8 Å². The second kappa shape index (κ2) is 11.4. The zero-order chi connectivity index (χ0) is 30.3. The van der Waals surface area contributed by atoms with Crippen molar-refractivity contribution in [1.29, 1.82) is 0 Å². The van der Waals surface area contributed by atoms with Gasteiger partial charge in [0.1, 0.15) is 0 Å². The number of carbonyl (C=O) groups is 2. The van der Waals surface area contributed by atoms with Crippen molar-refractivity contribution in [2.45, 2.75) is 80.1 Å². The quantitative estimate of drug-likeness (QED) is 0.247. The minimum absolute atomic E-state index is 0.0162. The number of hydrogen-bond acceptors (Lipinski definition) is 2. The van der Waals surface area contributed by atoms with E-state index < -0.39 is 11.9 Å². The summed E-state index contributed by atoms with van der Waals surface area (Å²) in [5, 5.41) is 19.0. The lowest BCUT2D eigenvalue weighted by Gasteiger charge is -1.99. The van der Waals surface area contributed by atoms with Gasteiger partial charge in [-0.2, -0.15) is 0 Å². The van der Waals surface area contributed by atoms with Gasteiger partial charge in [-0.1, -0.05) is 13.8 Å². The van der Waals surface area contributed by atoms with Gasteiger partial charge in [0.15, 0.2) is 0 Å². The van der Waals surface area contributed by atoms with Crippen molar-refractivity contribution in [2.75, 3.05) is 0 Å². The van der Waals surface area contributed by atoms with Gasteiger partial charge < -0.3 is 20.2 Å². The molecule has 0 atom stereocenters. The monoisotopic (exact) mass is 568 g/mol. The third kappa shape index (κ3) is 5.29. The molecule has 8 heteroatoms. The van der Waals surface area contributed by atoms with Crippen molar-refractivity contribution in [2.24, 2.45) is 0 Å². The van der Waals surface area contributed by atoms with Crippen LogP contribution in [0.25, 0.3) is 44.4 Å². The van der Waals surface area contributed by atoms with E-state index in [0.29, 0.717) is 12.8 Å². The Morgan fingerprint density at radius 2 is 1.02 bits per heavy atom. The summed E-state index contributed by atoms with van der Waals surface area (Å²) in [5.74, 6) is -1.69. The molecule has 0 fully saturated rings. The molecule has 3 aromatic heterocycles. The minimum atomic E-state index is -0.847. The van der Waals surface area contributed by atoms with Gasteiger partial charge in [0.25, 0.3) is 0 Å². The number of fused-ring (bicyclic) bond motifs is 8. The van der Waals surface area contributed by atoms with Crippen molar-refractivity contribution in [1.82, 2.24) is 9.97 Å². The molecule has 42 heavy (non-hydrogen) atoms. The molecule has 0 unspecified atom stereocenters. The summed E-state index contributed by atoms with van der Waals surface area (Å²) in [6, 6.07) is 8.46. The molecular formula is C34H40N4O4+2. The first-order chi connectivity index (χ1) is 20.0. The fourth-order valence-corrected chi connectivity index (χ4v) is 6.38. The van der Waals surface area contributed by atoms with E-state index in [1.807, 2.05) is 19.9 Å². The van der Waals surface area contributed by atoms with Crippen molar-refractivity contribution in [3.05, 3.63) is 69.3 Å². The summed E-state index contributed by atoms with van der Waals surface area (Å²) in [6.45, 7) is 12.7. The maximum Gasteiger partial charge on any atom is 0.303 e. The molecule has 3 aromatic rings. The smallest absolute Gasteiger partial charge is 0.303 e. The normalized spacial score (nSPS) is 13.3. The second-order valence-corrected chi connectivity index (χ2v) is 11.3. The number of nitrogens with one attached hydrogen (secondary N) is 4. The molecule has 8 nitrogen and oxygen atoms in total. The van der Waals surface area contributed by atoms with Gasteiger partial charge in [-0.15, -0.1) is 0 Å². The number of rotatable bonds is 8. The van der Waals surface area contributed by atoms with Crippen LogP contribution in [-0.2, 0) is 22.4 Å². The molecule has 0 aliphatic carbocycles. The summed E-state index contributed by atoms with van der Waals surface area (Å²) >= 11 is 0. The molecule has 0 saturated carbocycles. The maximum atomic E-state index is 11.6. The van der Waals surface area contributed by atoms with E-state index in [4.69, 9.17) is 0 Å². The zero-order valence-electron chi connectivity index (χ0n) is 25.3. The third-order valence-electron chi connectivity index (χ3n) is 8.84. The largest absolute Gasteiger partial charge is 0.481 e. The van der Waals surface area contributed by atoms with Crippen LogP contribution in [-0.4, -0.2) is 32.1 Å². The lowest BCUT2D eigenvalue weighted by atomic mass is 9.98. The fraction of sp³-hybridized carbons (Fsp3) is 0.353. The number of carboxylic acid groups (broad SMARTS) is 2. The third-order valence-corrected chi connectivity index (χ3v) is 8.84. The first-order valence-corrected chi connectivity index (χ1v) is 14.7. The fourth-order valence-electron chi connectivity index (χ4n) is 6.38. The van der Waals surface area contributed by atoms with Crippen LogP contribution in [0.2, 0.25) is 0 Å². The van der Waals surface area contributed by atoms with Crippen molar-refractivity contribution in [3.8, 4) is 0 Å². The Morgan fingerprint density at radius 3 is 1.45 bits per heavy atom. The Bertz CT molecular complexity index is 1850. The standard InChI is InChI=1S/C34H38N4O4/c1-7-21-17(3)25-13-26-19(5)23(9-11-33(39)40)31(37-26)16-32-24(10-12-34(41)42)20(6)28(38-32)15-30-22(8-2)18(4)27(36-30)14-29(21)35-25/h13-16,35-36H,7-12H2,1-6H3,(H,39,40)(H,41,42)/p+2. The van der Waals surface area contributed by atoms with E-state index in [1.165, 1.54) is 22.3 Å². The predicted molar refractivity (Wildman–Crippen MR) is 165 cm³/mol. The van der Waals surface area contributed by atoms with Crippen LogP contribution in [0.15, 0.2) is 24.3 Å². The van der Waals surface area contributed by atoms with E-state index in [-0.39, 0.29) is 12.8 Å². The molecule has 6 N–H and O–H groups in total. The number of aliphatic carboxylic acids is 2. The van der Waals surface area contributed by atoms with E-state index in [2.05, 4.69) is 65.8 Å². The number of aryl methyl sites for hydroxylation is 4. The summed E-state index contributed by atoms with van der Waals surface area (Å²) < 4.78 is 0. The summed E-state index contributed by atoms with van der Waals surface area (Å²) in [6.07, 6.45) is 2.55. The molecule has 8 bridgehead atoms. The average Bonchev–Trinajstić information content (AvgIpc) is 3.59. The van der Waals surface area contributed by atoms with Gasteiger partial charge in [0.2, 0.25) is 22.8 Å². The minimum Gasteiger partial charge on any atom is -0.481 e. The van der Waals surface area contributed by atoms with Crippen molar-refractivity contribution in [3.63, 3.8) is 0 Å². The number of carboxylic acids is 2. The van der Waals surface area contributed by atoms with Crippen LogP contribution in [0.1, 0.15) is 98.4 Å². The first kappa shape index (κ1) is 29.0. The van der Waals surface area contributed by atoms with Crippen LogP contribution < -0.4 is 9.97 Å². The highest BCUT2D eigenvalue weighted by Gasteiger charge is 2.29. The molecule has 218 valence electrons. The topological polar surface area (TPSA) is 134 Å². The molecule has 0 amide bonds. The van der Waals surface area contributed by atoms with Gasteiger partial charge in [-0.05, 0) is 81.7 Å². The highest BCUT2D eigenvalue weighted by atomic mass is 16.4. The Balaban J connectivity index is 1.92. The van der Waals surface area contributed by atoms with E-state index in [0.717, 1.165) is 80.0 Å². The van der Waals surface area contributed by atoms with Gasteiger partial charge >= 0.3 is 11.9 Å². The maximum absolute atomic E-state index is 11.6. The molecule has 5 heterocycles. The zero-order valence-corrected chi connectivity index (χ0v) is 25.3.